The fraction of sp³-hybridized carbons (Fsp3) is 0.417. The van der Waals surface area contributed by atoms with Gasteiger partial charge in [0.25, 0.3) is 0 Å². The zero-order valence-corrected chi connectivity index (χ0v) is 10.7. The molecule has 5 heteroatoms. The first-order chi connectivity index (χ1) is 8.13. The SMILES string of the molecule is O=C1Nc2cc(Cl)cc(Cl)c2C12CCNCC2. The first-order valence-electron chi connectivity index (χ1n) is 5.65. The number of anilines is 1. The molecule has 90 valence electrons. The summed E-state index contributed by atoms with van der Waals surface area (Å²) in [5.74, 6) is 0.0539. The van der Waals surface area contributed by atoms with E-state index < -0.39 is 5.41 Å². The summed E-state index contributed by atoms with van der Waals surface area (Å²) in [4.78, 5) is 12.2. The average Bonchev–Trinajstić information content (AvgIpc) is 2.53. The van der Waals surface area contributed by atoms with E-state index in [-0.39, 0.29) is 5.91 Å². The average molecular weight is 271 g/mol. The second kappa shape index (κ2) is 3.87. The van der Waals surface area contributed by atoms with E-state index >= 15 is 0 Å². The van der Waals surface area contributed by atoms with Gasteiger partial charge in [0.1, 0.15) is 0 Å². The third-order valence-corrected chi connectivity index (χ3v) is 4.19. The van der Waals surface area contributed by atoms with Crippen molar-refractivity contribution >= 4 is 34.8 Å². The van der Waals surface area contributed by atoms with Crippen molar-refractivity contribution < 1.29 is 4.79 Å². The number of carbonyl (C=O) groups excluding carboxylic acids is 1. The number of amides is 1. The topological polar surface area (TPSA) is 41.1 Å². The lowest BCUT2D eigenvalue weighted by Crippen LogP contribution is -2.44. The predicted molar refractivity (Wildman–Crippen MR) is 68.9 cm³/mol. The highest BCUT2D eigenvalue weighted by Crippen LogP contribution is 2.48. The van der Waals surface area contributed by atoms with E-state index in [0.29, 0.717) is 10.0 Å². The molecule has 3 nitrogen and oxygen atoms in total. The molecule has 1 spiro atoms. The maximum Gasteiger partial charge on any atom is 0.235 e. The van der Waals surface area contributed by atoms with E-state index in [4.69, 9.17) is 23.2 Å². The van der Waals surface area contributed by atoms with Crippen LogP contribution in [0.1, 0.15) is 18.4 Å². The van der Waals surface area contributed by atoms with Crippen LogP contribution < -0.4 is 10.6 Å². The quantitative estimate of drug-likeness (QED) is 0.761. The van der Waals surface area contributed by atoms with Crippen molar-refractivity contribution in [1.29, 1.82) is 0 Å². The molecule has 1 saturated heterocycles. The Bertz CT molecular complexity index is 496. The summed E-state index contributed by atoms with van der Waals surface area (Å²) in [7, 11) is 0. The highest BCUT2D eigenvalue weighted by atomic mass is 35.5. The molecular weight excluding hydrogens is 259 g/mol. The van der Waals surface area contributed by atoms with Crippen molar-refractivity contribution in [3.8, 4) is 0 Å². The fourth-order valence-electron chi connectivity index (χ4n) is 2.84. The van der Waals surface area contributed by atoms with E-state index in [1.165, 1.54) is 0 Å². The van der Waals surface area contributed by atoms with Gasteiger partial charge >= 0.3 is 0 Å². The van der Waals surface area contributed by atoms with Gasteiger partial charge in [-0.2, -0.15) is 0 Å². The minimum atomic E-state index is -0.456. The van der Waals surface area contributed by atoms with Crippen LogP contribution in [0, 0.1) is 0 Å². The second-order valence-corrected chi connectivity index (χ2v) is 5.44. The third-order valence-electron chi connectivity index (χ3n) is 3.67. The van der Waals surface area contributed by atoms with E-state index in [1.54, 1.807) is 12.1 Å². The summed E-state index contributed by atoms with van der Waals surface area (Å²) in [5, 5.41) is 7.32. The third kappa shape index (κ3) is 1.57. The van der Waals surface area contributed by atoms with Crippen LogP contribution >= 0.6 is 23.2 Å². The van der Waals surface area contributed by atoms with Crippen molar-refractivity contribution in [2.24, 2.45) is 0 Å². The molecule has 0 aliphatic carbocycles. The molecule has 1 fully saturated rings. The molecule has 1 aromatic rings. The van der Waals surface area contributed by atoms with Crippen molar-refractivity contribution in [2.75, 3.05) is 18.4 Å². The lowest BCUT2D eigenvalue weighted by Gasteiger charge is -2.32. The molecule has 1 aromatic carbocycles. The van der Waals surface area contributed by atoms with Gasteiger partial charge in [-0.25, -0.2) is 0 Å². The summed E-state index contributed by atoms with van der Waals surface area (Å²) < 4.78 is 0. The number of piperidine rings is 1. The molecule has 3 rings (SSSR count). The van der Waals surface area contributed by atoms with Crippen LogP contribution in [-0.2, 0) is 10.2 Å². The van der Waals surface area contributed by atoms with Crippen LogP contribution in [0.25, 0.3) is 0 Å². The Hall–Kier alpha value is -0.770. The van der Waals surface area contributed by atoms with E-state index in [2.05, 4.69) is 10.6 Å². The first kappa shape index (κ1) is 11.3. The molecule has 2 N–H and O–H groups in total. The van der Waals surface area contributed by atoms with Gasteiger partial charge in [0.05, 0.1) is 5.41 Å². The molecule has 2 heterocycles. The molecule has 0 bridgehead atoms. The van der Waals surface area contributed by atoms with Gasteiger partial charge in [-0.15, -0.1) is 0 Å². The number of hydrogen-bond donors (Lipinski definition) is 2. The molecular formula is C12H12Cl2N2O. The van der Waals surface area contributed by atoms with Crippen LogP contribution in [0.5, 0.6) is 0 Å². The van der Waals surface area contributed by atoms with Crippen molar-refractivity contribution in [3.05, 3.63) is 27.7 Å². The zero-order chi connectivity index (χ0) is 12.0. The summed E-state index contributed by atoms with van der Waals surface area (Å²) in [5.41, 5.74) is 1.24. The number of halogens is 2. The molecule has 0 unspecified atom stereocenters. The standard InChI is InChI=1S/C12H12Cl2N2O/c13-7-5-8(14)10-9(6-7)16-11(17)12(10)1-3-15-4-2-12/h5-6,15H,1-4H2,(H,16,17). The molecule has 17 heavy (non-hydrogen) atoms. The van der Waals surface area contributed by atoms with Crippen LogP contribution in [0.3, 0.4) is 0 Å². The number of nitrogens with one attached hydrogen (secondary N) is 2. The molecule has 1 amide bonds. The Morgan fingerprint density at radius 1 is 1.18 bits per heavy atom. The monoisotopic (exact) mass is 270 g/mol. The maximum absolute atomic E-state index is 12.2. The molecule has 2 aliphatic heterocycles. The Morgan fingerprint density at radius 2 is 1.88 bits per heavy atom. The maximum atomic E-state index is 12.2. The van der Waals surface area contributed by atoms with Gasteiger partial charge in [-0.1, -0.05) is 23.2 Å². The second-order valence-electron chi connectivity index (χ2n) is 4.60. The van der Waals surface area contributed by atoms with E-state index in [9.17, 15) is 4.79 Å². The van der Waals surface area contributed by atoms with Gasteiger partial charge in [0, 0.05) is 21.3 Å². The highest BCUT2D eigenvalue weighted by molar-refractivity contribution is 6.36. The number of rotatable bonds is 0. The Labute approximate surface area is 109 Å². The van der Waals surface area contributed by atoms with Gasteiger partial charge in [0.2, 0.25) is 5.91 Å². The predicted octanol–water partition coefficient (Wildman–Crippen LogP) is 2.57. The van der Waals surface area contributed by atoms with Crippen molar-refractivity contribution in [3.63, 3.8) is 0 Å². The fourth-order valence-corrected chi connectivity index (χ4v) is 3.52. The lowest BCUT2D eigenvalue weighted by molar-refractivity contribution is -0.121. The smallest absolute Gasteiger partial charge is 0.235 e. The van der Waals surface area contributed by atoms with Crippen molar-refractivity contribution in [1.82, 2.24) is 5.32 Å². The van der Waals surface area contributed by atoms with E-state index in [1.807, 2.05) is 0 Å². The van der Waals surface area contributed by atoms with Crippen LogP contribution in [0.4, 0.5) is 5.69 Å². The summed E-state index contributed by atoms with van der Waals surface area (Å²) in [6, 6.07) is 3.49. The van der Waals surface area contributed by atoms with Gasteiger partial charge in [0.15, 0.2) is 0 Å². The summed E-state index contributed by atoms with van der Waals surface area (Å²) >= 11 is 12.2. The van der Waals surface area contributed by atoms with Gasteiger partial charge in [-0.3, -0.25) is 4.79 Å². The molecule has 0 aromatic heterocycles. The number of carbonyl (C=O) groups is 1. The first-order valence-corrected chi connectivity index (χ1v) is 6.41. The van der Waals surface area contributed by atoms with Gasteiger partial charge < -0.3 is 10.6 Å². The van der Waals surface area contributed by atoms with Gasteiger partial charge in [-0.05, 0) is 38.1 Å². The lowest BCUT2D eigenvalue weighted by atomic mass is 9.74. The van der Waals surface area contributed by atoms with Crippen LogP contribution in [0.2, 0.25) is 10.0 Å². The highest BCUT2D eigenvalue weighted by Gasteiger charge is 2.48. The Kier molecular flexibility index (Phi) is 2.58. The van der Waals surface area contributed by atoms with Crippen LogP contribution in [-0.4, -0.2) is 19.0 Å². The van der Waals surface area contributed by atoms with E-state index in [0.717, 1.165) is 37.2 Å². The summed E-state index contributed by atoms with van der Waals surface area (Å²) in [6.07, 6.45) is 1.57. The minimum absolute atomic E-state index is 0.0539. The Morgan fingerprint density at radius 3 is 2.59 bits per heavy atom. The summed E-state index contributed by atoms with van der Waals surface area (Å²) in [6.45, 7) is 1.68. The number of fused-ring (bicyclic) bond motifs is 2. The number of benzene rings is 1. The Balaban J connectivity index is 2.18. The number of hydrogen-bond acceptors (Lipinski definition) is 2. The van der Waals surface area contributed by atoms with Crippen LogP contribution in [0.15, 0.2) is 12.1 Å². The largest absolute Gasteiger partial charge is 0.325 e. The molecule has 0 atom stereocenters. The zero-order valence-electron chi connectivity index (χ0n) is 9.15. The molecule has 0 saturated carbocycles. The molecule has 2 aliphatic rings. The van der Waals surface area contributed by atoms with Crippen molar-refractivity contribution in [2.45, 2.75) is 18.3 Å². The normalized spacial score (nSPS) is 21.4. The molecule has 0 radical (unpaired) electrons. The minimum Gasteiger partial charge on any atom is -0.325 e.